The fourth-order valence-corrected chi connectivity index (χ4v) is 3.48. The van der Waals surface area contributed by atoms with E-state index in [1.165, 1.54) is 19.3 Å². The van der Waals surface area contributed by atoms with E-state index in [1.807, 2.05) is 24.3 Å². The lowest BCUT2D eigenvalue weighted by Crippen LogP contribution is -2.45. The highest BCUT2D eigenvalue weighted by molar-refractivity contribution is 5.40. The molecule has 4 heteroatoms. The molecule has 3 unspecified atom stereocenters. The smallest absolute Gasteiger partial charge is 0.161 e. The van der Waals surface area contributed by atoms with E-state index < -0.39 is 0 Å². The van der Waals surface area contributed by atoms with Gasteiger partial charge in [0.25, 0.3) is 0 Å². The van der Waals surface area contributed by atoms with Gasteiger partial charge in [-0.2, -0.15) is 0 Å². The molecule has 0 radical (unpaired) electrons. The van der Waals surface area contributed by atoms with E-state index in [0.717, 1.165) is 24.6 Å². The maximum Gasteiger partial charge on any atom is 0.161 e. The van der Waals surface area contributed by atoms with E-state index in [2.05, 4.69) is 11.9 Å². The van der Waals surface area contributed by atoms with Crippen molar-refractivity contribution in [3.63, 3.8) is 0 Å². The second-order valence-corrected chi connectivity index (χ2v) is 5.93. The first kappa shape index (κ1) is 13.7. The van der Waals surface area contributed by atoms with E-state index in [9.17, 15) is 0 Å². The molecule has 0 bridgehead atoms. The highest BCUT2D eigenvalue weighted by atomic mass is 16.6. The maximum atomic E-state index is 6.03. The number of fused-ring (bicyclic) bond motifs is 1. The van der Waals surface area contributed by atoms with Crippen molar-refractivity contribution in [1.29, 1.82) is 0 Å². The number of hydrogen-bond acceptors (Lipinski definition) is 4. The van der Waals surface area contributed by atoms with Gasteiger partial charge in [-0.05, 0) is 44.5 Å². The highest BCUT2D eigenvalue weighted by Crippen LogP contribution is 2.32. The van der Waals surface area contributed by atoms with Crippen molar-refractivity contribution in [3.8, 4) is 11.5 Å². The van der Waals surface area contributed by atoms with Gasteiger partial charge in [-0.25, -0.2) is 0 Å². The predicted octanol–water partition coefficient (Wildman–Crippen LogP) is 1.89. The van der Waals surface area contributed by atoms with Gasteiger partial charge in [-0.15, -0.1) is 0 Å². The minimum absolute atomic E-state index is 0.105. The average molecular weight is 276 g/mol. The molecule has 3 atom stereocenters. The van der Waals surface area contributed by atoms with Crippen molar-refractivity contribution in [2.24, 2.45) is 11.7 Å². The number of rotatable bonds is 4. The fourth-order valence-electron chi connectivity index (χ4n) is 3.48. The van der Waals surface area contributed by atoms with Crippen LogP contribution in [0.4, 0.5) is 0 Å². The van der Waals surface area contributed by atoms with Crippen LogP contribution < -0.4 is 15.2 Å². The second-order valence-electron chi connectivity index (χ2n) is 5.93. The number of nitrogens with two attached hydrogens (primary N) is 1. The van der Waals surface area contributed by atoms with E-state index in [-0.39, 0.29) is 6.10 Å². The first-order valence-corrected chi connectivity index (χ1v) is 7.56. The molecule has 3 rings (SSSR count). The van der Waals surface area contributed by atoms with Gasteiger partial charge < -0.3 is 15.2 Å². The van der Waals surface area contributed by atoms with Crippen LogP contribution in [0.15, 0.2) is 24.3 Å². The Bertz CT molecular complexity index is 452. The molecule has 2 aliphatic rings. The summed E-state index contributed by atoms with van der Waals surface area (Å²) < 4.78 is 11.8. The fraction of sp³-hybridized carbons (Fsp3) is 0.625. The number of nitrogens with zero attached hydrogens (tertiary/aromatic N) is 1. The van der Waals surface area contributed by atoms with Gasteiger partial charge in [0.15, 0.2) is 11.5 Å². The molecule has 0 aromatic heterocycles. The topological polar surface area (TPSA) is 47.7 Å². The lowest BCUT2D eigenvalue weighted by atomic mass is 10.0. The summed E-state index contributed by atoms with van der Waals surface area (Å²) in [6.07, 6.45) is 3.91. The Balaban J connectivity index is 1.59. The van der Waals surface area contributed by atoms with Crippen LogP contribution in [-0.4, -0.2) is 43.8 Å². The van der Waals surface area contributed by atoms with Gasteiger partial charge in [-0.1, -0.05) is 18.6 Å². The maximum absolute atomic E-state index is 6.03. The number of likely N-dealkylation sites (N-methyl/N-ethyl adjacent to an activating group) is 1. The van der Waals surface area contributed by atoms with Gasteiger partial charge in [0.2, 0.25) is 0 Å². The van der Waals surface area contributed by atoms with Crippen molar-refractivity contribution >= 4 is 0 Å². The SMILES string of the molecule is CN(CC1COc2ccccc2O1)C1CCCC1CN. The van der Waals surface area contributed by atoms with Crippen molar-refractivity contribution in [2.75, 3.05) is 26.7 Å². The third-order valence-corrected chi connectivity index (χ3v) is 4.55. The van der Waals surface area contributed by atoms with Crippen molar-refractivity contribution in [3.05, 3.63) is 24.3 Å². The van der Waals surface area contributed by atoms with Gasteiger partial charge >= 0.3 is 0 Å². The summed E-state index contributed by atoms with van der Waals surface area (Å²) in [4.78, 5) is 2.41. The molecule has 1 heterocycles. The Kier molecular flexibility index (Phi) is 4.13. The Morgan fingerprint density at radius 2 is 2.05 bits per heavy atom. The van der Waals surface area contributed by atoms with Gasteiger partial charge in [-0.3, -0.25) is 4.90 Å². The summed E-state index contributed by atoms with van der Waals surface area (Å²) in [5, 5.41) is 0. The normalized spacial score (nSPS) is 28.9. The Hall–Kier alpha value is -1.26. The Morgan fingerprint density at radius 1 is 1.25 bits per heavy atom. The molecule has 110 valence electrons. The number of hydrogen-bond donors (Lipinski definition) is 1. The third kappa shape index (κ3) is 2.76. The standard InChI is InChI=1S/C16H24N2O2/c1-18(14-6-4-5-12(14)9-17)10-13-11-19-15-7-2-3-8-16(15)20-13/h2-3,7-8,12-14H,4-6,9-11,17H2,1H3. The summed E-state index contributed by atoms with van der Waals surface area (Å²) in [5.74, 6) is 2.35. The monoisotopic (exact) mass is 276 g/mol. The molecule has 20 heavy (non-hydrogen) atoms. The molecule has 0 saturated heterocycles. The van der Waals surface area contributed by atoms with Crippen LogP contribution >= 0.6 is 0 Å². The molecule has 1 saturated carbocycles. The molecule has 4 nitrogen and oxygen atoms in total. The lowest BCUT2D eigenvalue weighted by Gasteiger charge is -2.34. The molecule has 1 aromatic rings. The highest BCUT2D eigenvalue weighted by Gasteiger charge is 2.31. The van der Waals surface area contributed by atoms with Crippen LogP contribution in [-0.2, 0) is 0 Å². The van der Waals surface area contributed by atoms with Crippen LogP contribution in [0.5, 0.6) is 11.5 Å². The van der Waals surface area contributed by atoms with Crippen LogP contribution in [0.2, 0.25) is 0 Å². The van der Waals surface area contributed by atoms with Crippen molar-refractivity contribution in [2.45, 2.75) is 31.4 Å². The minimum atomic E-state index is 0.105. The first-order chi connectivity index (χ1) is 9.78. The molecule has 1 aliphatic carbocycles. The summed E-state index contributed by atoms with van der Waals surface area (Å²) in [7, 11) is 2.18. The quantitative estimate of drug-likeness (QED) is 0.912. The second kappa shape index (κ2) is 6.02. The predicted molar refractivity (Wildman–Crippen MR) is 79.2 cm³/mol. The molecular formula is C16H24N2O2. The third-order valence-electron chi connectivity index (χ3n) is 4.55. The van der Waals surface area contributed by atoms with E-state index in [1.54, 1.807) is 0 Å². The van der Waals surface area contributed by atoms with Gasteiger partial charge in [0, 0.05) is 12.6 Å². The number of para-hydroxylation sites is 2. The molecule has 0 spiro atoms. The molecule has 0 amide bonds. The zero-order chi connectivity index (χ0) is 13.9. The van der Waals surface area contributed by atoms with Crippen molar-refractivity contribution in [1.82, 2.24) is 4.90 Å². The molecule has 2 N–H and O–H groups in total. The zero-order valence-corrected chi connectivity index (χ0v) is 12.1. The van der Waals surface area contributed by atoms with Crippen LogP contribution in [0, 0.1) is 5.92 Å². The molecule has 1 aliphatic heterocycles. The largest absolute Gasteiger partial charge is 0.486 e. The van der Waals surface area contributed by atoms with Gasteiger partial charge in [0.05, 0.1) is 0 Å². The van der Waals surface area contributed by atoms with Crippen LogP contribution in [0.3, 0.4) is 0 Å². The Morgan fingerprint density at radius 3 is 2.85 bits per heavy atom. The average Bonchev–Trinajstić information content (AvgIpc) is 2.95. The molecular weight excluding hydrogens is 252 g/mol. The number of ether oxygens (including phenoxy) is 2. The summed E-state index contributed by atoms with van der Waals surface area (Å²) in [6, 6.07) is 8.48. The summed E-state index contributed by atoms with van der Waals surface area (Å²) in [5.41, 5.74) is 5.88. The molecule has 1 aromatic carbocycles. The summed E-state index contributed by atoms with van der Waals surface area (Å²) >= 11 is 0. The van der Waals surface area contributed by atoms with E-state index in [0.29, 0.717) is 18.6 Å². The van der Waals surface area contributed by atoms with Crippen LogP contribution in [0.1, 0.15) is 19.3 Å². The Labute approximate surface area is 120 Å². The first-order valence-electron chi connectivity index (χ1n) is 7.56. The number of benzene rings is 1. The van der Waals surface area contributed by atoms with E-state index in [4.69, 9.17) is 15.2 Å². The summed E-state index contributed by atoms with van der Waals surface area (Å²) in [6.45, 7) is 2.32. The zero-order valence-electron chi connectivity index (χ0n) is 12.1. The van der Waals surface area contributed by atoms with Crippen LogP contribution in [0.25, 0.3) is 0 Å². The van der Waals surface area contributed by atoms with Crippen molar-refractivity contribution < 1.29 is 9.47 Å². The lowest BCUT2D eigenvalue weighted by molar-refractivity contribution is 0.0492. The molecule has 1 fully saturated rings. The van der Waals surface area contributed by atoms with E-state index >= 15 is 0 Å². The minimum Gasteiger partial charge on any atom is -0.486 e. The van der Waals surface area contributed by atoms with Gasteiger partial charge in [0.1, 0.15) is 12.7 Å².